The topological polar surface area (TPSA) is 0 Å². The van der Waals surface area contributed by atoms with Crippen LogP contribution < -0.4 is 0 Å². The normalized spacial score (nSPS) is 11.9. The fraction of sp³-hybridized carbons (Fsp3) is 0.357. The van der Waals surface area contributed by atoms with Crippen molar-refractivity contribution in [2.75, 3.05) is 0 Å². The van der Waals surface area contributed by atoms with Crippen molar-refractivity contribution in [1.29, 1.82) is 0 Å². The Morgan fingerprint density at radius 3 is 2.35 bits per heavy atom. The Bertz CT molecular complexity index is 1220. The molecule has 0 bridgehead atoms. The van der Waals surface area contributed by atoms with Crippen LogP contribution in [0.1, 0.15) is 63.2 Å². The van der Waals surface area contributed by atoms with Crippen molar-refractivity contribution in [2.45, 2.75) is 64.7 Å². The maximum absolute atomic E-state index is 2.46. The van der Waals surface area contributed by atoms with E-state index in [4.69, 9.17) is 0 Å². The van der Waals surface area contributed by atoms with Crippen molar-refractivity contribution < 1.29 is 0 Å². The Balaban J connectivity index is 1.24. The van der Waals surface area contributed by atoms with Gasteiger partial charge in [-0.2, -0.15) is 0 Å². The third-order valence-electron chi connectivity index (χ3n) is 6.23. The summed E-state index contributed by atoms with van der Waals surface area (Å²) in [6, 6.07) is 19.0. The van der Waals surface area contributed by atoms with Crippen LogP contribution in [0.4, 0.5) is 0 Å². The van der Waals surface area contributed by atoms with Gasteiger partial charge < -0.3 is 0 Å². The van der Waals surface area contributed by atoms with Gasteiger partial charge in [0.1, 0.15) is 0 Å². The van der Waals surface area contributed by atoms with Crippen LogP contribution in [0, 0.1) is 0 Å². The van der Waals surface area contributed by atoms with E-state index in [2.05, 4.69) is 60.8 Å². The number of hydrogen-bond acceptors (Lipinski definition) is 2. The van der Waals surface area contributed by atoms with E-state index < -0.39 is 0 Å². The first-order chi connectivity index (χ1) is 15.3. The first-order valence-electron chi connectivity index (χ1n) is 11.7. The molecular weight excluding hydrogens is 479 g/mol. The summed E-state index contributed by atoms with van der Waals surface area (Å²) >= 11 is 4.30. The molecule has 0 atom stereocenters. The van der Waals surface area contributed by atoms with Crippen LogP contribution in [-0.4, -0.2) is 14.5 Å². The predicted octanol–water partition coefficient (Wildman–Crippen LogP) is 9.68. The molecule has 0 saturated heterocycles. The van der Waals surface area contributed by atoms with Gasteiger partial charge >= 0.3 is 187 Å². The van der Waals surface area contributed by atoms with E-state index in [1.165, 1.54) is 88.9 Å². The van der Waals surface area contributed by atoms with E-state index in [0.717, 1.165) is 0 Å². The number of unbranched alkanes of at least 4 members (excludes halogenated alkanes) is 7. The fourth-order valence-electron chi connectivity index (χ4n) is 4.45. The van der Waals surface area contributed by atoms with Gasteiger partial charge in [0.25, 0.3) is 0 Å². The molecule has 0 aliphatic rings. The van der Waals surface area contributed by atoms with Gasteiger partial charge in [-0.1, -0.05) is 13.3 Å². The van der Waals surface area contributed by atoms with Crippen molar-refractivity contribution in [3.05, 3.63) is 58.8 Å². The molecule has 160 valence electrons. The summed E-state index contributed by atoms with van der Waals surface area (Å²) in [4.78, 5) is 3.06. The van der Waals surface area contributed by atoms with Crippen LogP contribution in [0.3, 0.4) is 0 Å². The number of thiophene rings is 2. The van der Waals surface area contributed by atoms with Crippen LogP contribution in [0.5, 0.6) is 0 Å². The van der Waals surface area contributed by atoms with Gasteiger partial charge in [0.2, 0.25) is 0 Å². The van der Waals surface area contributed by atoms with Gasteiger partial charge in [0, 0.05) is 0 Å². The molecule has 0 aliphatic carbocycles. The average Bonchev–Trinajstić information content (AvgIpc) is 3.51. The molecule has 0 N–H and O–H groups in total. The second kappa shape index (κ2) is 10.0. The number of hydrogen-bond donors (Lipinski definition) is 0. The minimum absolute atomic E-state index is 0.424. The second-order valence-corrected chi connectivity index (χ2v) is 13.0. The summed E-state index contributed by atoms with van der Waals surface area (Å²) in [5.41, 5.74) is 0. The van der Waals surface area contributed by atoms with Crippen LogP contribution in [0.25, 0.3) is 39.8 Å². The monoisotopic (exact) mass is 510 g/mol. The van der Waals surface area contributed by atoms with E-state index in [9.17, 15) is 0 Å². The summed E-state index contributed by atoms with van der Waals surface area (Å²) < 4.78 is 4.50. The summed E-state index contributed by atoms with van der Waals surface area (Å²) in [6.07, 6.45) is 12.5. The molecule has 0 nitrogen and oxygen atoms in total. The number of rotatable bonds is 10. The average molecular weight is 510 g/mol. The van der Waals surface area contributed by atoms with Crippen LogP contribution in [-0.2, 0) is 6.42 Å². The predicted molar refractivity (Wildman–Crippen MR) is 143 cm³/mol. The van der Waals surface area contributed by atoms with E-state index in [1.54, 1.807) is 13.6 Å². The zero-order valence-electron chi connectivity index (χ0n) is 18.3. The molecule has 0 radical (unpaired) electrons. The minimum atomic E-state index is 0.424. The summed E-state index contributed by atoms with van der Waals surface area (Å²) in [5, 5.41) is 7.78. The molecule has 0 aliphatic heterocycles. The van der Waals surface area contributed by atoms with Crippen LogP contribution >= 0.6 is 22.7 Å². The van der Waals surface area contributed by atoms with Gasteiger partial charge in [0.15, 0.2) is 0 Å². The zero-order valence-corrected chi connectivity index (χ0v) is 21.6. The maximum atomic E-state index is 2.46. The quantitative estimate of drug-likeness (QED) is 0.130. The standard InChI is InChI=1S/C28H30S2Se/c1-2-3-4-5-6-7-8-9-10-24-11-12-25(30-24)28-19-23-16-21-17-26-20(13-14-29-26)15-22(21)18-27(23)31-28/h11-19H,2-10H2,1H3. The SMILES string of the molecule is CCCCCCCCCCc1ccc(-c2cc3cc4cc5sccc5cc4cc3[se]2)s1. The zero-order chi connectivity index (χ0) is 21.0. The first-order valence-corrected chi connectivity index (χ1v) is 15.1. The molecule has 5 aromatic rings. The number of aryl methyl sites for hydroxylation is 1. The molecule has 3 aromatic heterocycles. The molecule has 0 amide bonds. The van der Waals surface area contributed by atoms with Gasteiger partial charge in [-0.3, -0.25) is 0 Å². The van der Waals surface area contributed by atoms with E-state index >= 15 is 0 Å². The van der Waals surface area contributed by atoms with Crippen LogP contribution in [0.2, 0.25) is 0 Å². The summed E-state index contributed by atoms with van der Waals surface area (Å²) in [7, 11) is 0. The Kier molecular flexibility index (Phi) is 6.96. The fourth-order valence-corrected chi connectivity index (χ4v) is 8.83. The van der Waals surface area contributed by atoms with E-state index in [1.807, 2.05) is 22.7 Å². The Morgan fingerprint density at radius 1 is 0.710 bits per heavy atom. The summed E-state index contributed by atoms with van der Waals surface area (Å²) in [5.74, 6) is 0. The van der Waals surface area contributed by atoms with Crippen molar-refractivity contribution in [3.8, 4) is 9.31 Å². The third-order valence-corrected chi connectivity index (χ3v) is 11.0. The number of fused-ring (bicyclic) bond motifs is 3. The van der Waals surface area contributed by atoms with Crippen molar-refractivity contribution >= 4 is 67.7 Å². The Morgan fingerprint density at radius 2 is 1.48 bits per heavy atom. The van der Waals surface area contributed by atoms with Gasteiger partial charge in [-0.05, 0) is 0 Å². The molecule has 0 spiro atoms. The van der Waals surface area contributed by atoms with Crippen molar-refractivity contribution in [2.24, 2.45) is 0 Å². The summed E-state index contributed by atoms with van der Waals surface area (Å²) in [6.45, 7) is 2.29. The Hall–Kier alpha value is -1.38. The van der Waals surface area contributed by atoms with Crippen LogP contribution in [0.15, 0.2) is 53.9 Å². The van der Waals surface area contributed by atoms with Crippen molar-refractivity contribution in [1.82, 2.24) is 0 Å². The molecule has 0 unspecified atom stereocenters. The van der Waals surface area contributed by atoms with E-state index in [-0.39, 0.29) is 0 Å². The second-order valence-electron chi connectivity index (χ2n) is 8.65. The van der Waals surface area contributed by atoms with E-state index in [0.29, 0.717) is 14.5 Å². The van der Waals surface area contributed by atoms with Gasteiger partial charge in [-0.15, -0.1) is 0 Å². The molecule has 2 aromatic carbocycles. The third kappa shape index (κ3) is 5.01. The van der Waals surface area contributed by atoms with Gasteiger partial charge in [-0.25, -0.2) is 0 Å². The molecule has 0 saturated carbocycles. The molecule has 3 heterocycles. The number of benzene rings is 2. The molecule has 31 heavy (non-hydrogen) atoms. The van der Waals surface area contributed by atoms with Gasteiger partial charge in [0.05, 0.1) is 0 Å². The molecular formula is C28H30S2Se. The molecule has 3 heteroatoms. The first kappa shape index (κ1) is 21.5. The molecule has 5 rings (SSSR count). The Labute approximate surface area is 199 Å². The van der Waals surface area contributed by atoms with Crippen molar-refractivity contribution in [3.63, 3.8) is 0 Å². The molecule has 0 fully saturated rings.